The van der Waals surface area contributed by atoms with Gasteiger partial charge in [-0.25, -0.2) is 13.1 Å². The monoisotopic (exact) mass is 306 g/mol. The first kappa shape index (κ1) is 15.8. The second-order valence-corrected chi connectivity index (χ2v) is 8.09. The number of sulfonamides is 1. The van der Waals surface area contributed by atoms with E-state index in [1.54, 1.807) is 18.2 Å². The van der Waals surface area contributed by atoms with Gasteiger partial charge in [0.15, 0.2) is 0 Å². The topological polar surface area (TPSA) is 72.2 Å². The zero-order valence-electron chi connectivity index (χ0n) is 12.8. The van der Waals surface area contributed by atoms with Gasteiger partial charge in [0, 0.05) is 22.5 Å². The van der Waals surface area contributed by atoms with Crippen LogP contribution in [0.5, 0.6) is 0 Å². The molecule has 0 amide bonds. The summed E-state index contributed by atoms with van der Waals surface area (Å²) in [7, 11) is -3.59. The summed E-state index contributed by atoms with van der Waals surface area (Å²) in [6.07, 6.45) is 0. The highest BCUT2D eigenvalue weighted by molar-refractivity contribution is 7.89. The van der Waals surface area contributed by atoms with Gasteiger partial charge in [-0.05, 0) is 24.5 Å². The average molecular weight is 306 g/mol. The summed E-state index contributed by atoms with van der Waals surface area (Å²) in [5.74, 6) is 0. The van der Waals surface area contributed by atoms with Crippen LogP contribution in [0.1, 0.15) is 27.7 Å². The highest BCUT2D eigenvalue weighted by Gasteiger charge is 2.27. The molecular weight excluding hydrogens is 284 g/mol. The maximum Gasteiger partial charge on any atom is 0.241 e. The van der Waals surface area contributed by atoms with Crippen molar-refractivity contribution in [1.29, 1.82) is 0 Å². The number of benzene rings is 2. The molecular formula is C16H22N2O2S. The van der Waals surface area contributed by atoms with Crippen molar-refractivity contribution >= 4 is 26.5 Å². The Morgan fingerprint density at radius 3 is 2.19 bits per heavy atom. The molecule has 0 spiro atoms. The molecule has 0 aliphatic heterocycles. The van der Waals surface area contributed by atoms with E-state index in [0.717, 1.165) is 5.39 Å². The molecule has 0 aromatic heterocycles. The van der Waals surface area contributed by atoms with Gasteiger partial charge in [0.2, 0.25) is 10.0 Å². The summed E-state index contributed by atoms with van der Waals surface area (Å²) in [5.41, 5.74) is 6.34. The second kappa shape index (κ2) is 5.31. The molecule has 0 saturated heterocycles. The fourth-order valence-electron chi connectivity index (χ4n) is 2.00. The molecule has 0 bridgehead atoms. The van der Waals surface area contributed by atoms with Crippen LogP contribution >= 0.6 is 0 Å². The summed E-state index contributed by atoms with van der Waals surface area (Å²) < 4.78 is 28.1. The molecule has 0 radical (unpaired) electrons. The van der Waals surface area contributed by atoms with E-state index in [2.05, 4.69) is 4.72 Å². The van der Waals surface area contributed by atoms with Crippen molar-refractivity contribution in [3.05, 3.63) is 36.4 Å². The summed E-state index contributed by atoms with van der Waals surface area (Å²) in [6, 6.07) is 10.3. The largest absolute Gasteiger partial charge is 0.398 e. The van der Waals surface area contributed by atoms with Crippen LogP contribution in [-0.2, 0) is 10.0 Å². The van der Waals surface area contributed by atoms with E-state index < -0.39 is 10.0 Å². The van der Waals surface area contributed by atoms with Crippen LogP contribution in [-0.4, -0.2) is 14.5 Å². The zero-order chi connectivity index (χ0) is 15.8. The number of hydrogen-bond acceptors (Lipinski definition) is 3. The summed E-state index contributed by atoms with van der Waals surface area (Å²) >= 11 is 0. The number of fused-ring (bicyclic) bond motifs is 1. The molecule has 0 aliphatic rings. The molecule has 0 aliphatic carbocycles. The van der Waals surface area contributed by atoms with E-state index >= 15 is 0 Å². The lowest BCUT2D eigenvalue weighted by Crippen LogP contribution is -2.41. The Morgan fingerprint density at radius 2 is 1.62 bits per heavy atom. The normalized spacial score (nSPS) is 14.3. The number of rotatable bonds is 3. The molecule has 21 heavy (non-hydrogen) atoms. The maximum atomic E-state index is 12.7. The van der Waals surface area contributed by atoms with E-state index in [9.17, 15) is 8.42 Å². The Morgan fingerprint density at radius 1 is 1.05 bits per heavy atom. The van der Waals surface area contributed by atoms with Crippen LogP contribution < -0.4 is 10.5 Å². The SMILES string of the molecule is CC(NS(=O)(=O)c1ccc(N)c2ccccc12)C(C)(C)C. The van der Waals surface area contributed by atoms with Gasteiger partial charge < -0.3 is 5.73 Å². The summed E-state index contributed by atoms with van der Waals surface area (Å²) in [5, 5.41) is 1.40. The van der Waals surface area contributed by atoms with Crippen molar-refractivity contribution in [3.8, 4) is 0 Å². The minimum Gasteiger partial charge on any atom is -0.398 e. The third kappa shape index (κ3) is 3.19. The fraction of sp³-hybridized carbons (Fsp3) is 0.375. The molecule has 0 fully saturated rings. The van der Waals surface area contributed by atoms with E-state index in [0.29, 0.717) is 11.1 Å². The Kier molecular flexibility index (Phi) is 4.00. The van der Waals surface area contributed by atoms with Gasteiger partial charge in [-0.1, -0.05) is 45.0 Å². The number of nitrogens with two attached hydrogens (primary N) is 1. The molecule has 2 aromatic carbocycles. The van der Waals surface area contributed by atoms with Gasteiger partial charge >= 0.3 is 0 Å². The minimum atomic E-state index is -3.59. The molecule has 2 rings (SSSR count). The predicted molar refractivity (Wildman–Crippen MR) is 87.6 cm³/mol. The molecule has 1 atom stereocenters. The van der Waals surface area contributed by atoms with Crippen molar-refractivity contribution in [3.63, 3.8) is 0 Å². The highest BCUT2D eigenvalue weighted by atomic mass is 32.2. The van der Waals surface area contributed by atoms with E-state index in [-0.39, 0.29) is 16.4 Å². The first-order chi connectivity index (χ1) is 9.63. The average Bonchev–Trinajstić information content (AvgIpc) is 2.37. The van der Waals surface area contributed by atoms with Crippen molar-refractivity contribution < 1.29 is 8.42 Å². The van der Waals surface area contributed by atoms with Crippen LogP contribution in [0.2, 0.25) is 0 Å². The summed E-state index contributed by atoms with van der Waals surface area (Å²) in [6.45, 7) is 7.88. The Labute approximate surface area is 126 Å². The van der Waals surface area contributed by atoms with Gasteiger partial charge in [0.25, 0.3) is 0 Å². The Bertz CT molecular complexity index is 761. The van der Waals surface area contributed by atoms with Gasteiger partial charge in [0.05, 0.1) is 4.90 Å². The standard InChI is InChI=1S/C16H22N2O2S/c1-11(16(2,3)4)18-21(19,20)15-10-9-14(17)12-7-5-6-8-13(12)15/h5-11,18H,17H2,1-4H3. The van der Waals surface area contributed by atoms with Gasteiger partial charge in [-0.2, -0.15) is 0 Å². The predicted octanol–water partition coefficient (Wildman–Crippen LogP) is 3.13. The third-order valence-electron chi connectivity index (χ3n) is 3.84. The van der Waals surface area contributed by atoms with E-state index in [1.165, 1.54) is 0 Å². The molecule has 1 unspecified atom stereocenters. The highest BCUT2D eigenvalue weighted by Crippen LogP contribution is 2.28. The minimum absolute atomic E-state index is 0.156. The van der Waals surface area contributed by atoms with Crippen LogP contribution in [0.15, 0.2) is 41.3 Å². The molecule has 3 N–H and O–H groups in total. The quantitative estimate of drug-likeness (QED) is 0.856. The molecule has 5 heteroatoms. The van der Waals surface area contributed by atoms with Crippen LogP contribution in [0, 0.1) is 5.41 Å². The van der Waals surface area contributed by atoms with Crippen molar-refractivity contribution in [2.45, 2.75) is 38.6 Å². The number of hydrogen-bond donors (Lipinski definition) is 2. The number of anilines is 1. The number of nitrogens with one attached hydrogen (secondary N) is 1. The lowest BCUT2D eigenvalue weighted by molar-refractivity contribution is 0.318. The molecule has 0 heterocycles. The zero-order valence-corrected chi connectivity index (χ0v) is 13.7. The van der Waals surface area contributed by atoms with Crippen molar-refractivity contribution in [2.24, 2.45) is 5.41 Å². The Hall–Kier alpha value is -1.59. The lowest BCUT2D eigenvalue weighted by atomic mass is 9.89. The Balaban J connectivity index is 2.54. The van der Waals surface area contributed by atoms with E-state index in [4.69, 9.17) is 5.73 Å². The first-order valence-corrected chi connectivity index (χ1v) is 8.41. The first-order valence-electron chi connectivity index (χ1n) is 6.92. The van der Waals surface area contributed by atoms with Crippen LogP contribution in [0.3, 0.4) is 0 Å². The van der Waals surface area contributed by atoms with Crippen LogP contribution in [0.25, 0.3) is 10.8 Å². The maximum absolute atomic E-state index is 12.7. The van der Waals surface area contributed by atoms with Crippen molar-refractivity contribution in [2.75, 3.05) is 5.73 Å². The second-order valence-electron chi connectivity index (χ2n) is 6.41. The molecule has 114 valence electrons. The van der Waals surface area contributed by atoms with Crippen molar-refractivity contribution in [1.82, 2.24) is 4.72 Å². The molecule has 2 aromatic rings. The third-order valence-corrected chi connectivity index (χ3v) is 5.44. The van der Waals surface area contributed by atoms with Gasteiger partial charge in [-0.3, -0.25) is 0 Å². The van der Waals surface area contributed by atoms with Gasteiger partial charge in [0.1, 0.15) is 0 Å². The fourth-order valence-corrected chi connectivity index (χ4v) is 3.66. The smallest absolute Gasteiger partial charge is 0.241 e. The van der Waals surface area contributed by atoms with E-state index in [1.807, 2.05) is 45.9 Å². The lowest BCUT2D eigenvalue weighted by Gasteiger charge is -2.28. The number of nitrogen functional groups attached to an aromatic ring is 1. The summed E-state index contributed by atoms with van der Waals surface area (Å²) in [4.78, 5) is 0.267. The molecule has 4 nitrogen and oxygen atoms in total. The van der Waals surface area contributed by atoms with Crippen LogP contribution in [0.4, 0.5) is 5.69 Å². The van der Waals surface area contributed by atoms with Gasteiger partial charge in [-0.15, -0.1) is 0 Å². The molecule has 0 saturated carbocycles.